The fourth-order valence-electron chi connectivity index (χ4n) is 1.05. The Morgan fingerprint density at radius 3 is 2.31 bits per heavy atom. The molecule has 1 N–H and O–H groups in total. The van der Waals surface area contributed by atoms with E-state index in [4.69, 9.17) is 10.4 Å². The number of carbonyl (C=O) groups is 1. The molecule has 0 heterocycles. The van der Waals surface area contributed by atoms with E-state index >= 15 is 0 Å². The quantitative estimate of drug-likeness (QED) is 0.632. The Balaban J connectivity index is 3.00. The number of carboxylic acids is 1. The van der Waals surface area contributed by atoms with Gasteiger partial charge >= 0.3 is 5.97 Å². The zero-order valence-corrected chi connectivity index (χ0v) is 8.02. The molecule has 0 aromatic heterocycles. The highest BCUT2D eigenvalue weighted by Gasteiger charge is 2.07. The molecule has 5 heteroatoms. The summed E-state index contributed by atoms with van der Waals surface area (Å²) >= 11 is 0. The molecule has 0 fully saturated rings. The number of hydrogen-bond donors (Lipinski definition) is 1. The fraction of sp³-hybridized carbons (Fsp3) is 0.0909. The van der Waals surface area contributed by atoms with Crippen molar-refractivity contribution in [2.45, 2.75) is 6.43 Å². The second-order valence-corrected chi connectivity index (χ2v) is 2.94. The molecule has 0 spiro atoms. The minimum atomic E-state index is -2.56. The minimum absolute atomic E-state index is 0.147. The molecule has 0 aliphatic heterocycles. The lowest BCUT2D eigenvalue weighted by atomic mass is 10.1. The minimum Gasteiger partial charge on any atom is -0.477 e. The van der Waals surface area contributed by atoms with Crippen molar-refractivity contribution in [2.24, 2.45) is 0 Å². The topological polar surface area (TPSA) is 61.1 Å². The molecule has 16 heavy (non-hydrogen) atoms. The van der Waals surface area contributed by atoms with Crippen molar-refractivity contribution < 1.29 is 18.7 Å². The van der Waals surface area contributed by atoms with Gasteiger partial charge in [-0.3, -0.25) is 0 Å². The lowest BCUT2D eigenvalue weighted by molar-refractivity contribution is -0.132. The van der Waals surface area contributed by atoms with Crippen LogP contribution in [0.25, 0.3) is 6.08 Å². The Hall–Kier alpha value is -2.22. The molecule has 1 aromatic carbocycles. The Morgan fingerprint density at radius 1 is 1.38 bits per heavy atom. The van der Waals surface area contributed by atoms with Crippen LogP contribution in [0.2, 0.25) is 0 Å². The van der Waals surface area contributed by atoms with E-state index in [2.05, 4.69) is 0 Å². The highest BCUT2D eigenvalue weighted by Crippen LogP contribution is 2.19. The largest absolute Gasteiger partial charge is 0.477 e. The second-order valence-electron chi connectivity index (χ2n) is 2.94. The number of nitrogens with zero attached hydrogens (tertiary/aromatic N) is 1. The number of nitriles is 1. The first kappa shape index (κ1) is 11.9. The van der Waals surface area contributed by atoms with Gasteiger partial charge in [0.15, 0.2) is 0 Å². The average molecular weight is 223 g/mol. The van der Waals surface area contributed by atoms with Crippen molar-refractivity contribution in [2.75, 3.05) is 0 Å². The monoisotopic (exact) mass is 223 g/mol. The molecule has 0 atom stereocenters. The van der Waals surface area contributed by atoms with E-state index in [0.29, 0.717) is 5.56 Å². The molecular weight excluding hydrogens is 216 g/mol. The van der Waals surface area contributed by atoms with E-state index in [0.717, 1.165) is 6.08 Å². The number of rotatable bonds is 3. The smallest absolute Gasteiger partial charge is 0.346 e. The van der Waals surface area contributed by atoms with Gasteiger partial charge in [-0.2, -0.15) is 5.26 Å². The third kappa shape index (κ3) is 2.89. The van der Waals surface area contributed by atoms with Crippen LogP contribution >= 0.6 is 0 Å². The molecule has 82 valence electrons. The second kappa shape index (κ2) is 5.03. The molecule has 0 aliphatic carbocycles. The third-order valence-corrected chi connectivity index (χ3v) is 1.85. The van der Waals surface area contributed by atoms with E-state index in [9.17, 15) is 13.6 Å². The van der Waals surface area contributed by atoms with Crippen LogP contribution in [0.4, 0.5) is 8.78 Å². The van der Waals surface area contributed by atoms with Crippen LogP contribution in [-0.4, -0.2) is 11.1 Å². The maximum Gasteiger partial charge on any atom is 0.346 e. The van der Waals surface area contributed by atoms with Crippen molar-refractivity contribution >= 4 is 12.0 Å². The predicted molar refractivity (Wildman–Crippen MR) is 52.6 cm³/mol. The number of alkyl halides is 2. The van der Waals surface area contributed by atoms with E-state index < -0.39 is 18.0 Å². The molecule has 0 aliphatic rings. The molecule has 0 unspecified atom stereocenters. The summed E-state index contributed by atoms with van der Waals surface area (Å²) in [6.45, 7) is 0. The van der Waals surface area contributed by atoms with Gasteiger partial charge in [0.1, 0.15) is 11.6 Å². The Kier molecular flexibility index (Phi) is 3.72. The van der Waals surface area contributed by atoms with Gasteiger partial charge in [0, 0.05) is 5.56 Å². The SMILES string of the molecule is N#C/C(=C\c1ccc(C(F)F)cc1)C(=O)O. The highest BCUT2D eigenvalue weighted by molar-refractivity contribution is 5.96. The van der Waals surface area contributed by atoms with Crippen LogP contribution < -0.4 is 0 Å². The normalized spacial score (nSPS) is 11.2. The molecule has 0 saturated carbocycles. The summed E-state index contributed by atoms with van der Waals surface area (Å²) in [5.41, 5.74) is -0.195. The van der Waals surface area contributed by atoms with Crippen LogP contribution in [0.1, 0.15) is 17.6 Å². The Morgan fingerprint density at radius 2 is 1.94 bits per heavy atom. The molecular formula is C11H7F2NO2. The molecule has 0 amide bonds. The first-order valence-corrected chi connectivity index (χ1v) is 4.28. The maximum atomic E-state index is 12.2. The van der Waals surface area contributed by atoms with Gasteiger partial charge in [-0.05, 0) is 11.6 Å². The number of carboxylic acid groups (broad SMARTS) is 1. The highest BCUT2D eigenvalue weighted by atomic mass is 19.3. The van der Waals surface area contributed by atoms with Crippen LogP contribution in [-0.2, 0) is 4.79 Å². The first-order chi connectivity index (χ1) is 7.54. The average Bonchev–Trinajstić information content (AvgIpc) is 2.26. The van der Waals surface area contributed by atoms with E-state index in [1.165, 1.54) is 30.3 Å². The first-order valence-electron chi connectivity index (χ1n) is 4.28. The van der Waals surface area contributed by atoms with E-state index in [1.54, 1.807) is 0 Å². The van der Waals surface area contributed by atoms with Crippen molar-refractivity contribution in [1.29, 1.82) is 5.26 Å². The molecule has 0 bridgehead atoms. The Labute approximate surface area is 90.2 Å². The summed E-state index contributed by atoms with van der Waals surface area (Å²) in [4.78, 5) is 10.5. The summed E-state index contributed by atoms with van der Waals surface area (Å²) in [6.07, 6.45) is -1.44. The number of hydrogen-bond acceptors (Lipinski definition) is 2. The molecule has 3 nitrogen and oxygen atoms in total. The van der Waals surface area contributed by atoms with Crippen molar-refractivity contribution in [3.63, 3.8) is 0 Å². The predicted octanol–water partition coefficient (Wildman–Crippen LogP) is 2.62. The summed E-state index contributed by atoms with van der Waals surface area (Å²) in [5.74, 6) is -1.35. The summed E-state index contributed by atoms with van der Waals surface area (Å²) in [6, 6.07) is 6.55. The lowest BCUT2D eigenvalue weighted by Gasteiger charge is -1.99. The van der Waals surface area contributed by atoms with Gasteiger partial charge in [-0.1, -0.05) is 24.3 Å². The molecule has 1 rings (SSSR count). The van der Waals surface area contributed by atoms with Gasteiger partial charge in [0.05, 0.1) is 0 Å². The van der Waals surface area contributed by atoms with Gasteiger partial charge in [-0.25, -0.2) is 13.6 Å². The zero-order valence-electron chi connectivity index (χ0n) is 8.02. The molecule has 0 saturated heterocycles. The van der Waals surface area contributed by atoms with Gasteiger partial charge in [0.2, 0.25) is 0 Å². The number of aliphatic carboxylic acids is 1. The molecule has 0 radical (unpaired) electrons. The third-order valence-electron chi connectivity index (χ3n) is 1.85. The number of halogens is 2. The summed E-state index contributed by atoms with van der Waals surface area (Å²) < 4.78 is 24.4. The number of benzene rings is 1. The van der Waals surface area contributed by atoms with E-state index in [1.807, 2.05) is 0 Å². The van der Waals surface area contributed by atoms with Crippen LogP contribution in [0.5, 0.6) is 0 Å². The van der Waals surface area contributed by atoms with Gasteiger partial charge in [-0.15, -0.1) is 0 Å². The summed E-state index contributed by atoms with van der Waals surface area (Å²) in [5, 5.41) is 17.0. The van der Waals surface area contributed by atoms with Crippen LogP contribution in [0.3, 0.4) is 0 Å². The van der Waals surface area contributed by atoms with E-state index in [-0.39, 0.29) is 5.56 Å². The van der Waals surface area contributed by atoms with Crippen molar-refractivity contribution in [3.05, 3.63) is 41.0 Å². The fourth-order valence-corrected chi connectivity index (χ4v) is 1.05. The Bertz CT molecular complexity index is 458. The maximum absolute atomic E-state index is 12.2. The van der Waals surface area contributed by atoms with Gasteiger partial charge in [0.25, 0.3) is 6.43 Å². The van der Waals surface area contributed by atoms with Crippen LogP contribution in [0, 0.1) is 11.3 Å². The zero-order chi connectivity index (χ0) is 12.1. The van der Waals surface area contributed by atoms with Crippen molar-refractivity contribution in [3.8, 4) is 6.07 Å². The van der Waals surface area contributed by atoms with Crippen molar-refractivity contribution in [1.82, 2.24) is 0 Å². The standard InChI is InChI=1S/C11H7F2NO2/c12-10(13)8-3-1-7(2-4-8)5-9(6-14)11(15)16/h1-5,10H,(H,15,16)/b9-5+. The van der Waals surface area contributed by atoms with Gasteiger partial charge < -0.3 is 5.11 Å². The molecule has 1 aromatic rings. The van der Waals surface area contributed by atoms with Crippen LogP contribution in [0.15, 0.2) is 29.8 Å². The lowest BCUT2D eigenvalue weighted by Crippen LogP contribution is -1.97. The summed E-state index contributed by atoms with van der Waals surface area (Å²) in [7, 11) is 0.